The molecular formula is C8H10N4S. The molecule has 0 aliphatic heterocycles. The Hall–Kier alpha value is -1.20. The summed E-state index contributed by atoms with van der Waals surface area (Å²) in [7, 11) is 0. The SMILES string of the molecule is Cc1nc(NN)c2cc(C)sc2n1. The molecule has 0 bridgehead atoms. The molecule has 68 valence electrons. The first kappa shape index (κ1) is 8.40. The fraction of sp³-hybridized carbons (Fsp3) is 0.250. The van der Waals surface area contributed by atoms with Crippen molar-refractivity contribution in [3.05, 3.63) is 16.8 Å². The summed E-state index contributed by atoms with van der Waals surface area (Å²) in [6.07, 6.45) is 0. The van der Waals surface area contributed by atoms with Crippen LogP contribution in [0.25, 0.3) is 10.2 Å². The molecule has 5 heteroatoms. The molecule has 0 aliphatic carbocycles. The number of rotatable bonds is 1. The van der Waals surface area contributed by atoms with Crippen LogP contribution in [0, 0.1) is 13.8 Å². The molecule has 0 saturated heterocycles. The number of hydrogen-bond acceptors (Lipinski definition) is 5. The lowest BCUT2D eigenvalue weighted by Gasteiger charge is -2.00. The predicted molar refractivity (Wildman–Crippen MR) is 54.7 cm³/mol. The number of hydrogen-bond donors (Lipinski definition) is 2. The summed E-state index contributed by atoms with van der Waals surface area (Å²) in [5.41, 5.74) is 2.58. The van der Waals surface area contributed by atoms with Crippen LogP contribution in [0.3, 0.4) is 0 Å². The van der Waals surface area contributed by atoms with Crippen LogP contribution in [0.2, 0.25) is 0 Å². The van der Waals surface area contributed by atoms with Crippen molar-refractivity contribution in [2.45, 2.75) is 13.8 Å². The van der Waals surface area contributed by atoms with E-state index in [1.54, 1.807) is 11.3 Å². The van der Waals surface area contributed by atoms with Crippen molar-refractivity contribution in [3.63, 3.8) is 0 Å². The summed E-state index contributed by atoms with van der Waals surface area (Å²) in [5.74, 6) is 6.80. The van der Waals surface area contributed by atoms with Gasteiger partial charge in [0.1, 0.15) is 10.7 Å². The smallest absolute Gasteiger partial charge is 0.152 e. The Morgan fingerprint density at radius 1 is 1.38 bits per heavy atom. The molecule has 0 radical (unpaired) electrons. The summed E-state index contributed by atoms with van der Waals surface area (Å²) >= 11 is 1.65. The highest BCUT2D eigenvalue weighted by Crippen LogP contribution is 2.27. The maximum absolute atomic E-state index is 5.36. The molecule has 0 fully saturated rings. The number of fused-ring (bicyclic) bond motifs is 1. The number of nitrogens with zero attached hydrogens (tertiary/aromatic N) is 2. The van der Waals surface area contributed by atoms with Crippen LogP contribution in [-0.2, 0) is 0 Å². The highest BCUT2D eigenvalue weighted by atomic mass is 32.1. The highest BCUT2D eigenvalue weighted by molar-refractivity contribution is 7.18. The molecule has 3 N–H and O–H groups in total. The summed E-state index contributed by atoms with van der Waals surface area (Å²) in [6, 6.07) is 2.04. The maximum atomic E-state index is 5.36. The third-order valence-corrected chi connectivity index (χ3v) is 2.71. The number of nitrogens with one attached hydrogen (secondary N) is 1. The van der Waals surface area contributed by atoms with E-state index in [0.717, 1.165) is 16.0 Å². The fourth-order valence-corrected chi connectivity index (χ4v) is 2.18. The Kier molecular flexibility index (Phi) is 1.90. The number of hydrazine groups is 1. The zero-order chi connectivity index (χ0) is 9.42. The van der Waals surface area contributed by atoms with Crippen LogP contribution >= 0.6 is 11.3 Å². The Labute approximate surface area is 79.8 Å². The molecule has 2 aromatic heterocycles. The lowest BCUT2D eigenvalue weighted by atomic mass is 10.3. The van der Waals surface area contributed by atoms with Gasteiger partial charge in [-0.05, 0) is 19.9 Å². The number of anilines is 1. The first-order chi connectivity index (χ1) is 6.20. The molecule has 0 amide bonds. The Balaban J connectivity index is 2.80. The van der Waals surface area contributed by atoms with Crippen molar-refractivity contribution in [1.82, 2.24) is 9.97 Å². The van der Waals surface area contributed by atoms with Gasteiger partial charge in [0.15, 0.2) is 5.82 Å². The second-order valence-corrected chi connectivity index (χ2v) is 4.07. The molecule has 4 nitrogen and oxygen atoms in total. The van der Waals surface area contributed by atoms with Crippen LogP contribution in [0.15, 0.2) is 6.07 Å². The van der Waals surface area contributed by atoms with Crippen LogP contribution in [0.5, 0.6) is 0 Å². The fourth-order valence-electron chi connectivity index (χ4n) is 1.26. The normalized spacial score (nSPS) is 10.7. The van der Waals surface area contributed by atoms with Gasteiger partial charge in [-0.25, -0.2) is 15.8 Å². The Bertz CT molecular complexity index is 449. The molecule has 2 aromatic rings. The van der Waals surface area contributed by atoms with Crippen LogP contribution in [0.1, 0.15) is 10.7 Å². The molecule has 0 aromatic carbocycles. The summed E-state index contributed by atoms with van der Waals surface area (Å²) < 4.78 is 0. The predicted octanol–water partition coefficient (Wildman–Crippen LogP) is 1.59. The largest absolute Gasteiger partial charge is 0.308 e. The number of aromatic nitrogens is 2. The van der Waals surface area contributed by atoms with Crippen molar-refractivity contribution in [2.75, 3.05) is 5.43 Å². The minimum absolute atomic E-state index is 0.701. The lowest BCUT2D eigenvalue weighted by molar-refractivity contribution is 1.08. The van der Waals surface area contributed by atoms with Crippen molar-refractivity contribution in [2.24, 2.45) is 5.84 Å². The van der Waals surface area contributed by atoms with Gasteiger partial charge < -0.3 is 5.43 Å². The van der Waals surface area contributed by atoms with E-state index < -0.39 is 0 Å². The van der Waals surface area contributed by atoms with Gasteiger partial charge in [-0.15, -0.1) is 11.3 Å². The minimum Gasteiger partial charge on any atom is -0.308 e. The molecule has 0 aliphatic rings. The van der Waals surface area contributed by atoms with E-state index in [1.165, 1.54) is 4.88 Å². The van der Waals surface area contributed by atoms with Gasteiger partial charge in [0.25, 0.3) is 0 Å². The molecule has 2 rings (SSSR count). The van der Waals surface area contributed by atoms with Gasteiger partial charge >= 0.3 is 0 Å². The van der Waals surface area contributed by atoms with E-state index in [1.807, 2.05) is 19.9 Å². The van der Waals surface area contributed by atoms with Crippen LogP contribution in [0.4, 0.5) is 5.82 Å². The van der Waals surface area contributed by atoms with E-state index in [4.69, 9.17) is 5.84 Å². The van der Waals surface area contributed by atoms with Crippen molar-refractivity contribution in [3.8, 4) is 0 Å². The molecular weight excluding hydrogens is 184 g/mol. The molecule has 2 heterocycles. The summed E-state index contributed by atoms with van der Waals surface area (Å²) in [4.78, 5) is 10.7. The van der Waals surface area contributed by atoms with Crippen molar-refractivity contribution < 1.29 is 0 Å². The van der Waals surface area contributed by atoms with Gasteiger partial charge in [0.05, 0.1) is 5.39 Å². The average molecular weight is 194 g/mol. The molecule has 13 heavy (non-hydrogen) atoms. The van der Waals surface area contributed by atoms with E-state index in [0.29, 0.717) is 5.82 Å². The molecule has 0 unspecified atom stereocenters. The van der Waals surface area contributed by atoms with E-state index in [2.05, 4.69) is 15.4 Å². The molecule has 0 atom stereocenters. The Morgan fingerprint density at radius 2 is 2.15 bits per heavy atom. The zero-order valence-electron chi connectivity index (χ0n) is 7.46. The summed E-state index contributed by atoms with van der Waals surface area (Å²) in [6.45, 7) is 3.90. The third-order valence-electron chi connectivity index (χ3n) is 1.76. The monoisotopic (exact) mass is 194 g/mol. The second-order valence-electron chi connectivity index (χ2n) is 2.84. The average Bonchev–Trinajstić information content (AvgIpc) is 2.43. The maximum Gasteiger partial charge on any atom is 0.152 e. The van der Waals surface area contributed by atoms with Gasteiger partial charge in [-0.3, -0.25) is 0 Å². The van der Waals surface area contributed by atoms with Crippen LogP contribution in [-0.4, -0.2) is 9.97 Å². The first-order valence-electron chi connectivity index (χ1n) is 3.92. The van der Waals surface area contributed by atoms with Gasteiger partial charge in [0, 0.05) is 4.88 Å². The van der Waals surface area contributed by atoms with E-state index in [-0.39, 0.29) is 0 Å². The quantitative estimate of drug-likeness (QED) is 0.534. The van der Waals surface area contributed by atoms with Crippen molar-refractivity contribution >= 4 is 27.4 Å². The number of nitrogens with two attached hydrogens (primary N) is 1. The first-order valence-corrected chi connectivity index (χ1v) is 4.74. The lowest BCUT2D eigenvalue weighted by Crippen LogP contribution is -2.09. The molecule has 0 spiro atoms. The second kappa shape index (κ2) is 2.93. The number of nitrogen functional groups attached to an aromatic ring is 1. The van der Waals surface area contributed by atoms with Gasteiger partial charge in [-0.2, -0.15) is 0 Å². The summed E-state index contributed by atoms with van der Waals surface area (Å²) in [5, 5.41) is 0.996. The van der Waals surface area contributed by atoms with Crippen molar-refractivity contribution in [1.29, 1.82) is 0 Å². The topological polar surface area (TPSA) is 63.8 Å². The Morgan fingerprint density at radius 3 is 2.85 bits per heavy atom. The third kappa shape index (κ3) is 1.36. The zero-order valence-corrected chi connectivity index (χ0v) is 8.27. The van der Waals surface area contributed by atoms with E-state index >= 15 is 0 Å². The molecule has 0 saturated carbocycles. The number of thiophene rings is 1. The standard InChI is InChI=1S/C8H10N4S/c1-4-3-6-7(12-9)10-5(2)11-8(6)13-4/h3H,9H2,1-2H3,(H,10,11,12). The van der Waals surface area contributed by atoms with Gasteiger partial charge in [0.2, 0.25) is 0 Å². The van der Waals surface area contributed by atoms with Gasteiger partial charge in [-0.1, -0.05) is 0 Å². The highest BCUT2D eigenvalue weighted by Gasteiger charge is 2.06. The van der Waals surface area contributed by atoms with Crippen LogP contribution < -0.4 is 11.3 Å². The van der Waals surface area contributed by atoms with E-state index in [9.17, 15) is 0 Å². The minimum atomic E-state index is 0.701. The number of aryl methyl sites for hydroxylation is 2.